The van der Waals surface area contributed by atoms with E-state index in [1.165, 1.54) is 23.8 Å². The van der Waals surface area contributed by atoms with E-state index in [4.69, 9.17) is 14.9 Å². The molecule has 7 heteroatoms. The molecule has 0 aromatic heterocycles. The number of rotatable bonds is 4. The molecule has 0 spiro atoms. The van der Waals surface area contributed by atoms with Gasteiger partial charge < -0.3 is 14.8 Å². The Morgan fingerprint density at radius 1 is 1.44 bits per heavy atom. The van der Waals surface area contributed by atoms with Crippen LogP contribution in [0, 0.1) is 23.1 Å². The Labute approximate surface area is 145 Å². The molecule has 1 aromatic rings. The molecule has 2 atom stereocenters. The molecule has 2 N–H and O–H groups in total. The van der Waals surface area contributed by atoms with E-state index in [1.54, 1.807) is 19.2 Å². The summed E-state index contributed by atoms with van der Waals surface area (Å²) in [6, 6.07) is 4.63. The molecule has 25 heavy (non-hydrogen) atoms. The molecular weight excluding hydrogens is 325 g/mol. The van der Waals surface area contributed by atoms with E-state index in [0.29, 0.717) is 36.9 Å². The van der Waals surface area contributed by atoms with Crippen molar-refractivity contribution in [3.8, 4) is 5.75 Å². The van der Waals surface area contributed by atoms with Gasteiger partial charge in [-0.05, 0) is 43.4 Å². The fourth-order valence-electron chi connectivity index (χ4n) is 3.65. The highest BCUT2D eigenvalue weighted by Gasteiger charge is 2.53. The maximum atomic E-state index is 14.7. The van der Waals surface area contributed by atoms with Gasteiger partial charge in [-0.2, -0.15) is 0 Å². The van der Waals surface area contributed by atoms with E-state index < -0.39 is 17.3 Å². The van der Waals surface area contributed by atoms with Crippen LogP contribution >= 0.6 is 0 Å². The van der Waals surface area contributed by atoms with Crippen LogP contribution in [0.15, 0.2) is 18.2 Å². The Morgan fingerprint density at radius 2 is 2.24 bits per heavy atom. The van der Waals surface area contributed by atoms with Crippen molar-refractivity contribution in [2.24, 2.45) is 11.8 Å². The second-order valence-electron chi connectivity index (χ2n) is 7.13. The van der Waals surface area contributed by atoms with Crippen molar-refractivity contribution in [2.45, 2.75) is 24.8 Å². The number of amides is 1. The number of guanidine groups is 1. The second kappa shape index (κ2) is 5.98. The molecule has 3 aliphatic rings. The monoisotopic (exact) mass is 347 g/mol. The highest BCUT2D eigenvalue weighted by atomic mass is 19.1. The number of ether oxygens (including phenoxy) is 2. The maximum Gasteiger partial charge on any atom is 0.235 e. The second-order valence-corrected chi connectivity index (χ2v) is 7.13. The van der Waals surface area contributed by atoms with Gasteiger partial charge in [-0.3, -0.25) is 15.1 Å². The van der Waals surface area contributed by atoms with Gasteiger partial charge in [-0.15, -0.1) is 0 Å². The molecule has 1 aliphatic carbocycles. The van der Waals surface area contributed by atoms with Gasteiger partial charge in [0, 0.05) is 19.2 Å². The van der Waals surface area contributed by atoms with Gasteiger partial charge in [0.25, 0.3) is 0 Å². The lowest BCUT2D eigenvalue weighted by atomic mass is 9.73. The standard InChI is InChI=1S/C18H22FN3O3/c1-22-16(23)13-6-7-24-10-18(13,21-17(22)20)14-8-12(4-5-15(14)19)25-9-11-2-3-11/h4-5,8,11,13H,2-3,6-7,9-10H2,1H3,(H2,20,21)/t13-,18?/m0/s1. The van der Waals surface area contributed by atoms with Gasteiger partial charge in [0.15, 0.2) is 5.96 Å². The summed E-state index contributed by atoms with van der Waals surface area (Å²) < 4.78 is 26.1. The lowest BCUT2D eigenvalue weighted by Gasteiger charge is -2.49. The van der Waals surface area contributed by atoms with Crippen molar-refractivity contribution in [3.63, 3.8) is 0 Å². The normalized spacial score (nSPS) is 29.2. The van der Waals surface area contributed by atoms with Crippen molar-refractivity contribution in [2.75, 3.05) is 26.9 Å². The number of fused-ring (bicyclic) bond motifs is 1. The van der Waals surface area contributed by atoms with E-state index >= 15 is 0 Å². The number of carbonyl (C=O) groups excluding carboxylic acids is 1. The number of nitrogens with one attached hydrogen (secondary N) is 2. The summed E-state index contributed by atoms with van der Waals surface area (Å²) in [7, 11) is 1.56. The first-order valence-corrected chi connectivity index (χ1v) is 8.66. The smallest absolute Gasteiger partial charge is 0.235 e. The summed E-state index contributed by atoms with van der Waals surface area (Å²) in [5, 5.41) is 11.1. The summed E-state index contributed by atoms with van der Waals surface area (Å²) in [6.07, 6.45) is 2.83. The van der Waals surface area contributed by atoms with E-state index in [-0.39, 0.29) is 18.5 Å². The van der Waals surface area contributed by atoms with Crippen LogP contribution in [0.5, 0.6) is 5.75 Å². The molecule has 0 radical (unpaired) electrons. The predicted molar refractivity (Wildman–Crippen MR) is 88.9 cm³/mol. The minimum absolute atomic E-state index is 0.0459. The van der Waals surface area contributed by atoms with Crippen molar-refractivity contribution in [1.29, 1.82) is 5.41 Å². The first-order valence-electron chi connectivity index (χ1n) is 8.66. The van der Waals surface area contributed by atoms with Crippen LogP contribution in [-0.2, 0) is 15.1 Å². The maximum absolute atomic E-state index is 14.7. The molecule has 1 aromatic carbocycles. The Kier molecular flexibility index (Phi) is 3.91. The predicted octanol–water partition coefficient (Wildman–Crippen LogP) is 1.84. The van der Waals surface area contributed by atoms with Gasteiger partial charge >= 0.3 is 0 Å². The minimum atomic E-state index is -1.07. The van der Waals surface area contributed by atoms with Crippen molar-refractivity contribution in [1.82, 2.24) is 10.2 Å². The van der Waals surface area contributed by atoms with Gasteiger partial charge in [0.2, 0.25) is 5.91 Å². The Hall–Kier alpha value is -2.15. The van der Waals surface area contributed by atoms with Crippen LogP contribution in [-0.4, -0.2) is 43.6 Å². The summed E-state index contributed by atoms with van der Waals surface area (Å²) in [6.45, 7) is 1.21. The fraction of sp³-hybridized carbons (Fsp3) is 0.556. The molecule has 1 amide bonds. The average molecular weight is 347 g/mol. The zero-order valence-electron chi connectivity index (χ0n) is 14.2. The first-order chi connectivity index (χ1) is 12.0. The number of hydrogen-bond acceptors (Lipinski definition) is 4. The topological polar surface area (TPSA) is 74.7 Å². The van der Waals surface area contributed by atoms with Gasteiger partial charge in [-0.1, -0.05) is 0 Å². The Bertz CT molecular complexity index is 722. The number of benzene rings is 1. The molecule has 2 saturated heterocycles. The molecule has 1 unspecified atom stereocenters. The average Bonchev–Trinajstić information content (AvgIpc) is 3.43. The number of nitrogens with zero attached hydrogens (tertiary/aromatic N) is 1. The lowest BCUT2D eigenvalue weighted by Crippen LogP contribution is -2.68. The minimum Gasteiger partial charge on any atom is -0.493 e. The number of carbonyl (C=O) groups is 1. The molecule has 4 rings (SSSR count). The van der Waals surface area contributed by atoms with Crippen LogP contribution in [0.2, 0.25) is 0 Å². The third-order valence-electron chi connectivity index (χ3n) is 5.38. The van der Waals surface area contributed by atoms with E-state index in [9.17, 15) is 9.18 Å². The van der Waals surface area contributed by atoms with Crippen molar-refractivity contribution >= 4 is 11.9 Å². The van der Waals surface area contributed by atoms with Crippen LogP contribution in [0.25, 0.3) is 0 Å². The Morgan fingerprint density at radius 3 is 3.00 bits per heavy atom. The molecular formula is C18H22FN3O3. The molecule has 2 aliphatic heterocycles. The zero-order valence-corrected chi connectivity index (χ0v) is 14.2. The fourth-order valence-corrected chi connectivity index (χ4v) is 3.65. The summed E-state index contributed by atoms with van der Waals surface area (Å²) in [5.74, 6) is 0.0435. The zero-order chi connectivity index (χ0) is 17.6. The molecule has 2 heterocycles. The van der Waals surface area contributed by atoms with Crippen LogP contribution < -0.4 is 10.1 Å². The highest BCUT2D eigenvalue weighted by molar-refractivity contribution is 6.00. The highest BCUT2D eigenvalue weighted by Crippen LogP contribution is 2.41. The molecule has 134 valence electrons. The van der Waals surface area contributed by atoms with Gasteiger partial charge in [0.05, 0.1) is 19.1 Å². The number of halogens is 1. The molecule has 6 nitrogen and oxygen atoms in total. The quantitative estimate of drug-likeness (QED) is 0.872. The first kappa shape index (κ1) is 16.3. The third-order valence-corrected chi connectivity index (χ3v) is 5.38. The SMILES string of the molecule is CN1C(=N)NC2(c3cc(OCC4CC4)ccc3F)COCC[C@H]2C1=O. The summed E-state index contributed by atoms with van der Waals surface area (Å²) >= 11 is 0. The van der Waals surface area contributed by atoms with E-state index in [1.807, 2.05) is 0 Å². The van der Waals surface area contributed by atoms with Gasteiger partial charge in [-0.25, -0.2) is 4.39 Å². The molecule has 3 fully saturated rings. The lowest BCUT2D eigenvalue weighted by molar-refractivity contribution is -0.143. The molecule has 0 bridgehead atoms. The van der Waals surface area contributed by atoms with Crippen molar-refractivity contribution in [3.05, 3.63) is 29.6 Å². The summed E-state index contributed by atoms with van der Waals surface area (Å²) in [4.78, 5) is 14.0. The van der Waals surface area contributed by atoms with Crippen molar-refractivity contribution < 1.29 is 18.7 Å². The summed E-state index contributed by atoms with van der Waals surface area (Å²) in [5.41, 5.74) is -0.737. The van der Waals surface area contributed by atoms with Crippen LogP contribution in [0.4, 0.5) is 4.39 Å². The Balaban J connectivity index is 1.72. The van der Waals surface area contributed by atoms with Gasteiger partial charge in [0.1, 0.15) is 17.1 Å². The third kappa shape index (κ3) is 2.76. The number of hydrogen-bond donors (Lipinski definition) is 2. The van der Waals surface area contributed by atoms with E-state index in [0.717, 1.165) is 0 Å². The van der Waals surface area contributed by atoms with Crippen LogP contribution in [0.1, 0.15) is 24.8 Å². The largest absolute Gasteiger partial charge is 0.493 e. The van der Waals surface area contributed by atoms with E-state index in [2.05, 4.69) is 5.32 Å². The molecule has 1 saturated carbocycles. The van der Waals surface area contributed by atoms with Crippen LogP contribution in [0.3, 0.4) is 0 Å².